The molecule has 0 aliphatic heterocycles. The van der Waals surface area contributed by atoms with Crippen molar-refractivity contribution < 1.29 is 19.2 Å². The van der Waals surface area contributed by atoms with Crippen molar-refractivity contribution in [2.75, 3.05) is 0 Å². The average Bonchev–Trinajstić information content (AvgIpc) is 2.99. The molecule has 0 radical (unpaired) electrons. The Hall–Kier alpha value is -2.44. The van der Waals surface area contributed by atoms with Crippen LogP contribution < -0.4 is 5.32 Å². The van der Waals surface area contributed by atoms with Crippen LogP contribution in [0.15, 0.2) is 18.2 Å². The molecular formula is C16H20N2O5. The number of benzene rings is 1. The number of nitro groups is 1. The molecule has 1 atom stereocenters. The first kappa shape index (κ1) is 16.9. The zero-order valence-electron chi connectivity index (χ0n) is 13.2. The predicted octanol–water partition coefficient (Wildman–Crippen LogP) is 2.51. The first-order valence-electron chi connectivity index (χ1n) is 7.65. The van der Waals surface area contributed by atoms with Crippen LogP contribution >= 0.6 is 0 Å². The zero-order valence-corrected chi connectivity index (χ0v) is 13.2. The summed E-state index contributed by atoms with van der Waals surface area (Å²) < 4.78 is 5.14. The molecule has 1 aromatic carbocycles. The molecule has 1 saturated carbocycles. The minimum atomic E-state index is -0.904. The third kappa shape index (κ3) is 4.28. The second-order valence-corrected chi connectivity index (χ2v) is 5.80. The second kappa shape index (κ2) is 7.21. The van der Waals surface area contributed by atoms with Crippen molar-refractivity contribution in [3.63, 3.8) is 0 Å². The van der Waals surface area contributed by atoms with Crippen molar-refractivity contribution in [1.29, 1.82) is 0 Å². The van der Waals surface area contributed by atoms with Crippen molar-refractivity contribution >= 4 is 17.6 Å². The summed E-state index contributed by atoms with van der Waals surface area (Å²) >= 11 is 0. The highest BCUT2D eigenvalue weighted by atomic mass is 16.6. The number of nitrogens with zero attached hydrogens (tertiary/aromatic N) is 1. The lowest BCUT2D eigenvalue weighted by molar-refractivity contribution is -0.385. The van der Waals surface area contributed by atoms with Crippen LogP contribution in [0.2, 0.25) is 0 Å². The number of hydrogen-bond acceptors (Lipinski definition) is 5. The lowest BCUT2D eigenvalue weighted by atomic mass is 10.1. The largest absolute Gasteiger partial charge is 0.449 e. The van der Waals surface area contributed by atoms with Crippen LogP contribution in [0.5, 0.6) is 0 Å². The quantitative estimate of drug-likeness (QED) is 0.510. The minimum absolute atomic E-state index is 0.0615. The number of hydrogen-bond donors (Lipinski definition) is 1. The molecule has 1 aliphatic carbocycles. The van der Waals surface area contributed by atoms with Gasteiger partial charge in [0.15, 0.2) is 6.10 Å². The van der Waals surface area contributed by atoms with Crippen molar-refractivity contribution in [2.45, 2.75) is 51.7 Å². The summed E-state index contributed by atoms with van der Waals surface area (Å²) in [5.41, 5.74) is 0.495. The molecule has 1 aromatic rings. The highest BCUT2D eigenvalue weighted by molar-refractivity contribution is 5.92. The highest BCUT2D eigenvalue weighted by Crippen LogP contribution is 2.20. The third-order valence-corrected chi connectivity index (χ3v) is 3.98. The number of carbonyl (C=O) groups excluding carboxylic acids is 2. The average molecular weight is 320 g/mol. The van der Waals surface area contributed by atoms with Crippen LogP contribution in [0.1, 0.15) is 48.5 Å². The lowest BCUT2D eigenvalue weighted by Crippen LogP contribution is -2.40. The van der Waals surface area contributed by atoms with Gasteiger partial charge in [-0.2, -0.15) is 0 Å². The predicted molar refractivity (Wildman–Crippen MR) is 83.1 cm³/mol. The maximum Gasteiger partial charge on any atom is 0.338 e. The summed E-state index contributed by atoms with van der Waals surface area (Å²) in [5, 5.41) is 13.6. The summed E-state index contributed by atoms with van der Waals surface area (Å²) in [7, 11) is 0. The SMILES string of the molecule is Cc1cc(C(=O)O[C@@H](C)C(=O)NC2CCCC2)ccc1[N+](=O)[O-]. The van der Waals surface area contributed by atoms with E-state index in [1.807, 2.05) is 0 Å². The number of carbonyl (C=O) groups is 2. The van der Waals surface area contributed by atoms with Gasteiger partial charge in [-0.25, -0.2) is 4.79 Å². The van der Waals surface area contributed by atoms with E-state index in [0.29, 0.717) is 5.56 Å². The van der Waals surface area contributed by atoms with Gasteiger partial charge in [-0.1, -0.05) is 12.8 Å². The Balaban J connectivity index is 1.96. The number of amides is 1. The number of aryl methyl sites for hydroxylation is 1. The fourth-order valence-electron chi connectivity index (χ4n) is 2.66. The van der Waals surface area contributed by atoms with E-state index in [-0.39, 0.29) is 23.2 Å². The van der Waals surface area contributed by atoms with Gasteiger partial charge in [0.05, 0.1) is 10.5 Å². The molecule has 2 rings (SSSR count). The molecule has 1 fully saturated rings. The van der Waals surface area contributed by atoms with Gasteiger partial charge >= 0.3 is 5.97 Å². The van der Waals surface area contributed by atoms with Crippen molar-refractivity contribution in [1.82, 2.24) is 5.32 Å². The molecule has 0 aromatic heterocycles. The van der Waals surface area contributed by atoms with Gasteiger partial charge in [0.1, 0.15) is 0 Å². The zero-order chi connectivity index (χ0) is 17.0. The Kier molecular flexibility index (Phi) is 5.31. The molecule has 0 heterocycles. The van der Waals surface area contributed by atoms with Crippen LogP contribution in [0.3, 0.4) is 0 Å². The van der Waals surface area contributed by atoms with Gasteiger partial charge in [0, 0.05) is 17.7 Å². The molecule has 7 heteroatoms. The fraction of sp³-hybridized carbons (Fsp3) is 0.500. The first-order valence-corrected chi connectivity index (χ1v) is 7.65. The number of nitrogens with one attached hydrogen (secondary N) is 1. The van der Waals surface area contributed by atoms with E-state index in [1.54, 1.807) is 6.92 Å². The lowest BCUT2D eigenvalue weighted by Gasteiger charge is -2.17. The van der Waals surface area contributed by atoms with E-state index >= 15 is 0 Å². The summed E-state index contributed by atoms with van der Waals surface area (Å²) in [4.78, 5) is 34.3. The molecule has 1 N–H and O–H groups in total. The van der Waals surface area contributed by atoms with Crippen molar-refractivity contribution in [2.24, 2.45) is 0 Å². The molecular weight excluding hydrogens is 300 g/mol. The Bertz CT molecular complexity index is 623. The van der Waals surface area contributed by atoms with E-state index < -0.39 is 17.0 Å². The summed E-state index contributed by atoms with van der Waals surface area (Å²) in [6, 6.07) is 4.14. The summed E-state index contributed by atoms with van der Waals surface area (Å²) in [6.45, 7) is 3.06. The standard InChI is InChI=1S/C16H20N2O5/c1-10-9-12(7-8-14(10)18(21)22)16(20)23-11(2)15(19)17-13-5-3-4-6-13/h7-9,11,13H,3-6H2,1-2H3,(H,17,19)/t11-/m0/s1. The smallest absolute Gasteiger partial charge is 0.338 e. The van der Waals surface area contributed by atoms with E-state index in [4.69, 9.17) is 4.74 Å². The fourth-order valence-corrected chi connectivity index (χ4v) is 2.66. The maximum atomic E-state index is 12.1. The van der Waals surface area contributed by atoms with E-state index in [9.17, 15) is 19.7 Å². The van der Waals surface area contributed by atoms with Crippen LogP contribution in [0.4, 0.5) is 5.69 Å². The number of rotatable bonds is 5. The van der Waals surface area contributed by atoms with Gasteiger partial charge in [-0.3, -0.25) is 14.9 Å². The molecule has 124 valence electrons. The molecule has 0 bridgehead atoms. The molecule has 0 spiro atoms. The van der Waals surface area contributed by atoms with Gasteiger partial charge in [-0.15, -0.1) is 0 Å². The summed E-state index contributed by atoms with van der Waals surface area (Å²) in [5.74, 6) is -0.985. The molecule has 0 saturated heterocycles. The number of nitro benzene ring substituents is 1. The Labute approximate surface area is 134 Å². The van der Waals surface area contributed by atoms with Crippen molar-refractivity contribution in [3.05, 3.63) is 39.4 Å². The van der Waals surface area contributed by atoms with E-state index in [2.05, 4.69) is 5.32 Å². The maximum absolute atomic E-state index is 12.1. The Morgan fingerprint density at radius 2 is 2.00 bits per heavy atom. The van der Waals surface area contributed by atoms with Crippen LogP contribution in [0.25, 0.3) is 0 Å². The third-order valence-electron chi connectivity index (χ3n) is 3.98. The highest BCUT2D eigenvalue weighted by Gasteiger charge is 2.24. The van der Waals surface area contributed by atoms with E-state index in [0.717, 1.165) is 25.7 Å². The van der Waals surface area contributed by atoms with Gasteiger partial charge in [-0.05, 0) is 38.8 Å². The van der Waals surface area contributed by atoms with Crippen LogP contribution in [-0.4, -0.2) is 28.9 Å². The normalized spacial score (nSPS) is 15.9. The van der Waals surface area contributed by atoms with Crippen LogP contribution in [0, 0.1) is 17.0 Å². The Morgan fingerprint density at radius 1 is 1.35 bits per heavy atom. The van der Waals surface area contributed by atoms with Crippen molar-refractivity contribution in [3.8, 4) is 0 Å². The molecule has 23 heavy (non-hydrogen) atoms. The molecule has 7 nitrogen and oxygen atoms in total. The number of ether oxygens (including phenoxy) is 1. The summed E-state index contributed by atoms with van der Waals surface area (Å²) in [6.07, 6.45) is 3.20. The second-order valence-electron chi connectivity index (χ2n) is 5.80. The Morgan fingerprint density at radius 3 is 2.57 bits per heavy atom. The molecule has 1 aliphatic rings. The first-order chi connectivity index (χ1) is 10.9. The molecule has 0 unspecified atom stereocenters. The van der Waals surface area contributed by atoms with E-state index in [1.165, 1.54) is 25.1 Å². The minimum Gasteiger partial charge on any atom is -0.449 e. The topological polar surface area (TPSA) is 98.5 Å². The molecule has 1 amide bonds. The van der Waals surface area contributed by atoms with Gasteiger partial charge < -0.3 is 10.1 Å². The number of esters is 1. The van der Waals surface area contributed by atoms with Gasteiger partial charge in [0.2, 0.25) is 0 Å². The van der Waals surface area contributed by atoms with Crippen LogP contribution in [-0.2, 0) is 9.53 Å². The van der Waals surface area contributed by atoms with Gasteiger partial charge in [0.25, 0.3) is 11.6 Å². The monoisotopic (exact) mass is 320 g/mol.